The molecule has 0 saturated heterocycles. The van der Waals surface area contributed by atoms with E-state index in [1.807, 2.05) is 51.1 Å². The van der Waals surface area contributed by atoms with Crippen molar-refractivity contribution in [3.05, 3.63) is 72.2 Å². The van der Waals surface area contributed by atoms with Gasteiger partial charge >= 0.3 is 0 Å². The number of carbonyl (C=O) groups is 2. The molecule has 1 N–H and O–H groups in total. The maximum atomic E-state index is 14.0. The van der Waals surface area contributed by atoms with E-state index in [4.69, 9.17) is 9.15 Å². The fourth-order valence-electron chi connectivity index (χ4n) is 3.95. The molecular formula is C27H31N5O4. The third kappa shape index (κ3) is 5.10. The fourth-order valence-corrected chi connectivity index (χ4v) is 3.95. The van der Waals surface area contributed by atoms with E-state index in [9.17, 15) is 9.59 Å². The van der Waals surface area contributed by atoms with Gasteiger partial charge in [-0.15, -0.1) is 5.10 Å². The van der Waals surface area contributed by atoms with Gasteiger partial charge in [0.05, 0.1) is 18.3 Å². The first-order chi connectivity index (χ1) is 17.2. The maximum absolute atomic E-state index is 14.0. The molecule has 2 aromatic carbocycles. The molecule has 36 heavy (non-hydrogen) atoms. The smallest absolute Gasteiger partial charge is 0.251 e. The standard InChI is InChI=1S/C27H31N5O4/c1-6-27(3,4)28-26(34)25(23-16-15-18(2)36-23)32(21-13-9-10-14-22(21)35-5)24(33)17-31-20-12-8-7-11-19(20)29-30-31/h7-16,25H,6,17H2,1-5H3,(H,28,34)/t25-/m0/s1. The zero-order valence-electron chi connectivity index (χ0n) is 21.2. The van der Waals surface area contributed by atoms with Crippen LogP contribution in [0, 0.1) is 6.92 Å². The molecule has 0 aliphatic carbocycles. The number of amides is 2. The van der Waals surface area contributed by atoms with Gasteiger partial charge in [-0.1, -0.05) is 36.4 Å². The maximum Gasteiger partial charge on any atom is 0.251 e. The second-order valence-electron chi connectivity index (χ2n) is 9.25. The molecule has 2 aromatic heterocycles. The van der Waals surface area contributed by atoms with Crippen LogP contribution < -0.4 is 15.0 Å². The highest BCUT2D eigenvalue weighted by Gasteiger charge is 2.38. The average molecular weight is 490 g/mol. The molecule has 4 aromatic rings. The van der Waals surface area contributed by atoms with E-state index in [0.717, 1.165) is 0 Å². The van der Waals surface area contributed by atoms with Crippen LogP contribution in [0.3, 0.4) is 0 Å². The summed E-state index contributed by atoms with van der Waals surface area (Å²) in [7, 11) is 1.53. The molecule has 0 saturated carbocycles. The van der Waals surface area contributed by atoms with Crippen molar-refractivity contribution in [1.82, 2.24) is 20.3 Å². The summed E-state index contributed by atoms with van der Waals surface area (Å²) in [4.78, 5) is 29.3. The fraction of sp³-hybridized carbons (Fsp3) is 0.333. The number of hydrogen-bond donors (Lipinski definition) is 1. The van der Waals surface area contributed by atoms with E-state index in [0.29, 0.717) is 40.4 Å². The van der Waals surface area contributed by atoms with Gasteiger partial charge in [0, 0.05) is 5.54 Å². The van der Waals surface area contributed by atoms with Crippen molar-refractivity contribution in [3.8, 4) is 5.75 Å². The van der Waals surface area contributed by atoms with Crippen LogP contribution in [0.4, 0.5) is 5.69 Å². The van der Waals surface area contributed by atoms with E-state index in [2.05, 4.69) is 15.6 Å². The van der Waals surface area contributed by atoms with Crippen LogP contribution in [0.15, 0.2) is 65.1 Å². The number of aromatic nitrogens is 3. The topological polar surface area (TPSA) is 102 Å². The van der Waals surface area contributed by atoms with Gasteiger partial charge in [-0.25, -0.2) is 4.68 Å². The zero-order valence-corrected chi connectivity index (χ0v) is 21.2. The Morgan fingerprint density at radius 1 is 1.11 bits per heavy atom. The van der Waals surface area contributed by atoms with E-state index in [1.165, 1.54) is 16.7 Å². The number of anilines is 1. The molecule has 1 atom stereocenters. The molecule has 0 radical (unpaired) electrons. The predicted octanol–water partition coefficient (Wildman–Crippen LogP) is 4.42. The largest absolute Gasteiger partial charge is 0.495 e. The molecule has 0 aliphatic rings. The Hall–Kier alpha value is -4.14. The highest BCUT2D eigenvalue weighted by Crippen LogP contribution is 2.36. The molecule has 0 bridgehead atoms. The van der Waals surface area contributed by atoms with Gasteiger partial charge in [0.15, 0.2) is 6.04 Å². The summed E-state index contributed by atoms with van der Waals surface area (Å²) in [6, 6.07) is 16.9. The van der Waals surface area contributed by atoms with Gasteiger partial charge in [-0.2, -0.15) is 0 Å². The number of methoxy groups -OCH3 is 1. The van der Waals surface area contributed by atoms with Crippen LogP contribution in [0.25, 0.3) is 11.0 Å². The number of aryl methyl sites for hydroxylation is 1. The molecule has 0 unspecified atom stereocenters. The molecule has 0 spiro atoms. The van der Waals surface area contributed by atoms with Crippen LogP contribution in [-0.2, 0) is 16.1 Å². The summed E-state index contributed by atoms with van der Waals surface area (Å²) in [6.07, 6.45) is 0.705. The molecule has 0 aliphatic heterocycles. The number of nitrogens with one attached hydrogen (secondary N) is 1. The van der Waals surface area contributed by atoms with Gasteiger partial charge in [0.1, 0.15) is 29.3 Å². The minimum atomic E-state index is -1.08. The number of nitrogens with zero attached hydrogens (tertiary/aromatic N) is 4. The molecule has 188 valence electrons. The Morgan fingerprint density at radius 2 is 1.83 bits per heavy atom. The number of rotatable bonds is 9. The predicted molar refractivity (Wildman–Crippen MR) is 137 cm³/mol. The van der Waals surface area contributed by atoms with Gasteiger partial charge in [0.2, 0.25) is 5.91 Å². The number of fused-ring (bicyclic) bond motifs is 1. The molecule has 2 amide bonds. The normalized spacial score (nSPS) is 12.4. The number of hydrogen-bond acceptors (Lipinski definition) is 6. The van der Waals surface area contributed by atoms with Gasteiger partial charge < -0.3 is 14.5 Å². The lowest BCUT2D eigenvalue weighted by Gasteiger charge is -2.34. The number of furan rings is 1. The third-order valence-corrected chi connectivity index (χ3v) is 6.20. The second kappa shape index (κ2) is 10.2. The second-order valence-corrected chi connectivity index (χ2v) is 9.25. The molecule has 2 heterocycles. The quantitative estimate of drug-likeness (QED) is 0.373. The lowest BCUT2D eigenvalue weighted by atomic mass is 10.0. The van der Waals surface area contributed by atoms with Crippen LogP contribution in [-0.4, -0.2) is 39.5 Å². The summed E-state index contributed by atoms with van der Waals surface area (Å²) < 4.78 is 13.0. The Balaban J connectivity index is 1.84. The first-order valence-electron chi connectivity index (χ1n) is 11.9. The van der Waals surface area contributed by atoms with Gasteiger partial charge in [-0.05, 0) is 63.6 Å². The van der Waals surface area contributed by atoms with E-state index in [-0.39, 0.29) is 18.4 Å². The third-order valence-electron chi connectivity index (χ3n) is 6.20. The van der Waals surface area contributed by atoms with Crippen molar-refractivity contribution in [2.75, 3.05) is 12.0 Å². The highest BCUT2D eigenvalue weighted by molar-refractivity contribution is 6.02. The lowest BCUT2D eigenvalue weighted by Crippen LogP contribution is -2.51. The highest BCUT2D eigenvalue weighted by atomic mass is 16.5. The Labute approximate surface area is 210 Å². The number of ether oxygens (including phenoxy) is 1. The van der Waals surface area contributed by atoms with Crippen LogP contribution in [0.2, 0.25) is 0 Å². The Bertz CT molecular complexity index is 1370. The van der Waals surface area contributed by atoms with Crippen molar-refractivity contribution in [3.63, 3.8) is 0 Å². The van der Waals surface area contributed by atoms with Crippen LogP contribution in [0.1, 0.15) is 44.8 Å². The van der Waals surface area contributed by atoms with Gasteiger partial charge in [-0.3, -0.25) is 14.5 Å². The minimum Gasteiger partial charge on any atom is -0.495 e. The van der Waals surface area contributed by atoms with Crippen molar-refractivity contribution in [2.45, 2.75) is 52.2 Å². The van der Waals surface area contributed by atoms with Crippen molar-refractivity contribution in [1.29, 1.82) is 0 Å². The minimum absolute atomic E-state index is 0.140. The monoisotopic (exact) mass is 489 g/mol. The van der Waals surface area contributed by atoms with Crippen LogP contribution >= 0.6 is 0 Å². The summed E-state index contributed by atoms with van der Waals surface area (Å²) in [6.45, 7) is 7.52. The first-order valence-corrected chi connectivity index (χ1v) is 11.9. The summed E-state index contributed by atoms with van der Waals surface area (Å²) >= 11 is 0. The molecule has 0 fully saturated rings. The Morgan fingerprint density at radius 3 is 2.53 bits per heavy atom. The van der Waals surface area contributed by atoms with Crippen molar-refractivity contribution in [2.24, 2.45) is 0 Å². The van der Waals surface area contributed by atoms with Gasteiger partial charge in [0.25, 0.3) is 5.91 Å². The van der Waals surface area contributed by atoms with Crippen LogP contribution in [0.5, 0.6) is 5.75 Å². The molecule has 9 heteroatoms. The summed E-state index contributed by atoms with van der Waals surface area (Å²) in [5.41, 5.74) is 1.34. The van der Waals surface area contributed by atoms with Crippen molar-refractivity contribution >= 4 is 28.5 Å². The number of carbonyl (C=O) groups excluding carboxylic acids is 2. The van der Waals surface area contributed by atoms with E-state index >= 15 is 0 Å². The van der Waals surface area contributed by atoms with E-state index < -0.39 is 11.6 Å². The zero-order chi connectivity index (χ0) is 25.9. The van der Waals surface area contributed by atoms with E-state index in [1.54, 1.807) is 37.3 Å². The summed E-state index contributed by atoms with van der Waals surface area (Å²) in [5.74, 6) is 0.689. The molecular weight excluding hydrogens is 458 g/mol. The Kier molecular flexibility index (Phi) is 7.10. The average Bonchev–Trinajstić information content (AvgIpc) is 3.48. The lowest BCUT2D eigenvalue weighted by molar-refractivity contribution is -0.128. The van der Waals surface area contributed by atoms with Crippen molar-refractivity contribution < 1.29 is 18.7 Å². The molecule has 4 rings (SSSR count). The first kappa shape index (κ1) is 25.0. The molecule has 9 nitrogen and oxygen atoms in total. The SMILES string of the molecule is CCC(C)(C)NC(=O)[C@H](c1ccc(C)o1)N(C(=O)Cn1nnc2ccccc21)c1ccccc1OC. The number of benzene rings is 2. The number of para-hydroxylation sites is 3. The summed E-state index contributed by atoms with van der Waals surface area (Å²) in [5, 5.41) is 11.4.